The van der Waals surface area contributed by atoms with Crippen molar-refractivity contribution in [3.63, 3.8) is 0 Å². The third-order valence-corrected chi connectivity index (χ3v) is 6.55. The van der Waals surface area contributed by atoms with Crippen molar-refractivity contribution in [2.24, 2.45) is 11.8 Å². The minimum atomic E-state index is 0.553. The minimum Gasteiger partial charge on any atom is -0.493 e. The van der Waals surface area contributed by atoms with E-state index in [1.165, 1.54) is 17.7 Å². The highest BCUT2D eigenvalue weighted by molar-refractivity contribution is 7.15. The van der Waals surface area contributed by atoms with Crippen LogP contribution in [0, 0.1) is 11.8 Å². The van der Waals surface area contributed by atoms with Crippen molar-refractivity contribution in [3.05, 3.63) is 77.8 Å². The molecule has 2 aromatic carbocycles. The van der Waals surface area contributed by atoms with Crippen molar-refractivity contribution < 1.29 is 9.47 Å². The van der Waals surface area contributed by atoms with E-state index in [-0.39, 0.29) is 0 Å². The van der Waals surface area contributed by atoms with E-state index >= 15 is 0 Å². The molecule has 1 aromatic heterocycles. The van der Waals surface area contributed by atoms with Crippen LogP contribution < -0.4 is 14.8 Å². The normalized spacial score (nSPS) is 22.0. The molecular weight excluding hydrogens is 380 g/mol. The van der Waals surface area contributed by atoms with E-state index in [2.05, 4.69) is 22.5 Å². The Morgan fingerprint density at radius 3 is 2.48 bits per heavy atom. The Hall–Kier alpha value is -2.79. The van der Waals surface area contributed by atoms with Crippen LogP contribution in [-0.4, -0.2) is 17.6 Å². The number of benzene rings is 2. The van der Waals surface area contributed by atoms with Crippen molar-refractivity contribution in [3.8, 4) is 17.2 Å². The molecule has 2 aliphatic carbocycles. The first-order chi connectivity index (χ1) is 14.3. The summed E-state index contributed by atoms with van der Waals surface area (Å²) in [5, 5.41) is 4.66. The summed E-state index contributed by atoms with van der Waals surface area (Å²) in [5.41, 5.74) is 0. The van der Waals surface area contributed by atoms with Gasteiger partial charge in [-0.1, -0.05) is 30.4 Å². The molecule has 0 spiro atoms. The quantitative estimate of drug-likeness (QED) is 0.472. The Kier molecular flexibility index (Phi) is 5.22. The molecule has 3 aromatic rings. The molecule has 3 unspecified atom stereocenters. The number of para-hydroxylation sites is 1. The molecule has 148 valence electrons. The van der Waals surface area contributed by atoms with E-state index in [0.717, 1.165) is 34.7 Å². The number of nitrogens with zero attached hydrogens (tertiary/aromatic N) is 1. The molecule has 5 heteroatoms. The van der Waals surface area contributed by atoms with Crippen LogP contribution in [0.15, 0.2) is 72.9 Å². The first-order valence-corrected chi connectivity index (χ1v) is 11.0. The number of aromatic nitrogens is 1. The Morgan fingerprint density at radius 1 is 0.931 bits per heavy atom. The smallest absolute Gasteiger partial charge is 0.183 e. The average Bonchev–Trinajstić information content (AvgIpc) is 3.48. The molecule has 4 nitrogen and oxygen atoms in total. The molecule has 0 radical (unpaired) electrons. The van der Waals surface area contributed by atoms with Gasteiger partial charge in [0.25, 0.3) is 0 Å². The Labute approximate surface area is 175 Å². The maximum atomic E-state index is 5.89. The third-order valence-electron chi connectivity index (χ3n) is 5.56. The number of thiazole rings is 1. The molecule has 2 bridgehead atoms. The van der Waals surface area contributed by atoms with Gasteiger partial charge in [-0.2, -0.15) is 0 Å². The molecule has 0 amide bonds. The molecule has 3 atom stereocenters. The van der Waals surface area contributed by atoms with Crippen LogP contribution in [-0.2, 0) is 6.42 Å². The molecule has 1 saturated carbocycles. The fraction of sp³-hybridized carbons (Fsp3) is 0.292. The van der Waals surface area contributed by atoms with E-state index in [1.807, 2.05) is 60.8 Å². The van der Waals surface area contributed by atoms with Gasteiger partial charge < -0.3 is 14.8 Å². The van der Waals surface area contributed by atoms with Crippen molar-refractivity contribution in [2.75, 3.05) is 11.9 Å². The summed E-state index contributed by atoms with van der Waals surface area (Å²) in [6.45, 7) is 0.636. The number of rotatable bonds is 8. The second kappa shape index (κ2) is 8.29. The van der Waals surface area contributed by atoms with E-state index in [0.29, 0.717) is 18.6 Å². The summed E-state index contributed by atoms with van der Waals surface area (Å²) in [5.74, 6) is 3.94. The minimum absolute atomic E-state index is 0.553. The number of hydrogen-bond donors (Lipinski definition) is 1. The third kappa shape index (κ3) is 4.46. The van der Waals surface area contributed by atoms with Crippen LogP contribution in [0.25, 0.3) is 0 Å². The number of anilines is 1. The highest BCUT2D eigenvalue weighted by atomic mass is 32.1. The standard InChI is InChI=1S/C24H24N2O2S/c1-2-4-20(5-3-1)28-21-10-8-19(9-11-21)27-13-12-22-16-25-24(29-22)26-23-15-17-6-7-18(23)14-17/h1-11,16-18,23H,12-15H2,(H,25,26). The van der Waals surface area contributed by atoms with Gasteiger partial charge in [0.1, 0.15) is 17.2 Å². The number of allylic oxidation sites excluding steroid dienone is 1. The topological polar surface area (TPSA) is 43.4 Å². The maximum absolute atomic E-state index is 5.89. The maximum Gasteiger partial charge on any atom is 0.183 e. The number of ether oxygens (including phenoxy) is 2. The zero-order valence-electron chi connectivity index (χ0n) is 16.2. The van der Waals surface area contributed by atoms with Gasteiger partial charge in [0.15, 0.2) is 5.13 Å². The van der Waals surface area contributed by atoms with Crippen LogP contribution in [0.5, 0.6) is 17.2 Å². The molecule has 0 saturated heterocycles. The van der Waals surface area contributed by atoms with Gasteiger partial charge in [-0.25, -0.2) is 4.98 Å². The molecule has 0 aliphatic heterocycles. The molecular formula is C24H24N2O2S. The van der Waals surface area contributed by atoms with Gasteiger partial charge in [-0.15, -0.1) is 11.3 Å². The van der Waals surface area contributed by atoms with Crippen LogP contribution in [0.2, 0.25) is 0 Å². The largest absolute Gasteiger partial charge is 0.493 e. The molecule has 1 fully saturated rings. The van der Waals surface area contributed by atoms with Gasteiger partial charge in [0.05, 0.1) is 6.61 Å². The first kappa shape index (κ1) is 18.3. The fourth-order valence-electron chi connectivity index (χ4n) is 4.09. The van der Waals surface area contributed by atoms with Gasteiger partial charge in [0.2, 0.25) is 0 Å². The van der Waals surface area contributed by atoms with E-state index in [9.17, 15) is 0 Å². The highest BCUT2D eigenvalue weighted by Crippen LogP contribution is 2.40. The van der Waals surface area contributed by atoms with Crippen LogP contribution >= 0.6 is 11.3 Å². The summed E-state index contributed by atoms with van der Waals surface area (Å²) in [6.07, 6.45) is 10.1. The van der Waals surface area contributed by atoms with Crippen molar-refractivity contribution in [1.82, 2.24) is 4.98 Å². The zero-order chi connectivity index (χ0) is 19.5. The highest BCUT2D eigenvalue weighted by Gasteiger charge is 2.35. The Balaban J connectivity index is 1.08. The lowest BCUT2D eigenvalue weighted by atomic mass is 10.0. The second-order valence-corrected chi connectivity index (χ2v) is 8.76. The molecule has 2 aliphatic rings. The van der Waals surface area contributed by atoms with Crippen LogP contribution in [0.1, 0.15) is 17.7 Å². The van der Waals surface area contributed by atoms with Crippen molar-refractivity contribution >= 4 is 16.5 Å². The molecule has 1 N–H and O–H groups in total. The van der Waals surface area contributed by atoms with E-state index in [1.54, 1.807) is 11.3 Å². The lowest BCUT2D eigenvalue weighted by Gasteiger charge is -2.18. The van der Waals surface area contributed by atoms with Gasteiger partial charge in [-0.05, 0) is 61.1 Å². The van der Waals surface area contributed by atoms with Gasteiger partial charge in [-0.3, -0.25) is 0 Å². The lowest BCUT2D eigenvalue weighted by Crippen LogP contribution is -2.23. The van der Waals surface area contributed by atoms with E-state index in [4.69, 9.17) is 9.47 Å². The van der Waals surface area contributed by atoms with Gasteiger partial charge >= 0.3 is 0 Å². The summed E-state index contributed by atoms with van der Waals surface area (Å²) in [7, 11) is 0. The molecule has 29 heavy (non-hydrogen) atoms. The molecule has 1 heterocycles. The number of hydrogen-bond acceptors (Lipinski definition) is 5. The Morgan fingerprint density at radius 2 is 1.72 bits per heavy atom. The van der Waals surface area contributed by atoms with Crippen molar-refractivity contribution in [1.29, 1.82) is 0 Å². The molecule has 5 rings (SSSR count). The fourth-order valence-corrected chi connectivity index (χ4v) is 4.95. The summed E-state index contributed by atoms with van der Waals surface area (Å²) >= 11 is 1.74. The first-order valence-electron chi connectivity index (χ1n) is 10.2. The number of nitrogens with one attached hydrogen (secondary N) is 1. The average molecular weight is 405 g/mol. The van der Waals surface area contributed by atoms with Crippen LogP contribution in [0.3, 0.4) is 0 Å². The predicted molar refractivity (Wildman–Crippen MR) is 117 cm³/mol. The number of fused-ring (bicyclic) bond motifs is 2. The van der Waals surface area contributed by atoms with Crippen molar-refractivity contribution in [2.45, 2.75) is 25.3 Å². The van der Waals surface area contributed by atoms with Crippen LogP contribution in [0.4, 0.5) is 5.13 Å². The zero-order valence-corrected chi connectivity index (χ0v) is 17.0. The second-order valence-electron chi connectivity index (χ2n) is 7.65. The summed E-state index contributed by atoms with van der Waals surface area (Å²) in [4.78, 5) is 5.80. The summed E-state index contributed by atoms with van der Waals surface area (Å²) < 4.78 is 11.7. The SMILES string of the molecule is C1=CC2CC1CC2Nc1ncc(CCOc2ccc(Oc3ccccc3)cc2)s1. The van der Waals surface area contributed by atoms with E-state index < -0.39 is 0 Å². The van der Waals surface area contributed by atoms with Gasteiger partial charge in [0, 0.05) is 23.5 Å². The summed E-state index contributed by atoms with van der Waals surface area (Å²) in [6, 6.07) is 18.1. The lowest BCUT2D eigenvalue weighted by molar-refractivity contribution is 0.322. The monoisotopic (exact) mass is 404 g/mol. The predicted octanol–water partition coefficient (Wildman–Crippen LogP) is 5.93. The Bertz CT molecular complexity index is 968.